The third-order valence-electron chi connectivity index (χ3n) is 10.6. The first kappa shape index (κ1) is 35.5. The Bertz CT molecular complexity index is 2390. The molecule has 0 radical (unpaired) electrons. The van der Waals surface area contributed by atoms with Gasteiger partial charge in [-0.3, -0.25) is 0 Å². The molecule has 3 heterocycles. The van der Waals surface area contributed by atoms with E-state index < -0.39 is 0 Å². The van der Waals surface area contributed by atoms with Gasteiger partial charge in [0, 0.05) is 61.3 Å². The first-order chi connectivity index (χ1) is 24.7. The predicted molar refractivity (Wildman–Crippen MR) is 211 cm³/mol. The zero-order valence-corrected chi connectivity index (χ0v) is 32.8. The van der Waals surface area contributed by atoms with Crippen LogP contribution in [0.25, 0.3) is 27.6 Å². The molecule has 0 amide bonds. The van der Waals surface area contributed by atoms with Gasteiger partial charge in [-0.2, -0.15) is 12.1 Å². The van der Waals surface area contributed by atoms with Crippen molar-refractivity contribution in [1.29, 1.82) is 0 Å². The van der Waals surface area contributed by atoms with Gasteiger partial charge in [-0.1, -0.05) is 89.5 Å². The Kier molecular flexibility index (Phi) is 9.52. The molecule has 5 aromatic carbocycles. The van der Waals surface area contributed by atoms with Crippen LogP contribution in [0.2, 0.25) is 0 Å². The van der Waals surface area contributed by atoms with Crippen LogP contribution in [0, 0.1) is 18.8 Å². The quantitative estimate of drug-likeness (QED) is 0.143. The van der Waals surface area contributed by atoms with Crippen molar-refractivity contribution in [2.24, 2.45) is 0 Å². The van der Waals surface area contributed by atoms with Gasteiger partial charge in [0.05, 0.1) is 0 Å². The van der Waals surface area contributed by atoms with E-state index in [9.17, 15) is 0 Å². The summed E-state index contributed by atoms with van der Waals surface area (Å²) in [7, 11) is 0. The predicted octanol–water partition coefficient (Wildman–Crippen LogP) is 12.4. The van der Waals surface area contributed by atoms with Gasteiger partial charge in [-0.05, 0) is 82.6 Å². The van der Waals surface area contributed by atoms with Gasteiger partial charge < -0.3 is 19.1 Å². The number of nitrogens with zero attached hydrogens (tertiary/aromatic N) is 4. The van der Waals surface area contributed by atoms with Crippen LogP contribution < -0.4 is 14.5 Å². The van der Waals surface area contributed by atoms with Crippen molar-refractivity contribution in [2.45, 2.75) is 65.2 Å². The SMILES string of the molecule is CCC(C)(CC)c1ccnc(-n2c3[c-]c(Oc4[c-]c(N5[CH-]N(c6cccc(C(C)(C)C)c6)c6ccccc65)ccc4)ccc3c3ccccc32)c1.[Pt]. The molecule has 5 nitrogen and oxygen atoms in total. The fourth-order valence-corrected chi connectivity index (χ4v) is 7.13. The van der Waals surface area contributed by atoms with Crippen molar-refractivity contribution < 1.29 is 25.8 Å². The summed E-state index contributed by atoms with van der Waals surface area (Å²) in [5.41, 5.74) is 8.95. The molecular weight excluding hydrogens is 820 g/mol. The summed E-state index contributed by atoms with van der Waals surface area (Å²) in [6.45, 7) is 15.7. The zero-order valence-electron chi connectivity index (χ0n) is 30.6. The minimum absolute atomic E-state index is 0. The molecule has 0 fully saturated rings. The molecule has 8 rings (SSSR count). The fourth-order valence-electron chi connectivity index (χ4n) is 7.13. The third-order valence-corrected chi connectivity index (χ3v) is 10.6. The molecule has 0 saturated heterocycles. The number of hydrogen-bond donors (Lipinski definition) is 0. The smallest absolute Gasteiger partial charge is 0.135 e. The number of aromatic nitrogens is 2. The Morgan fingerprint density at radius 1 is 0.673 bits per heavy atom. The Hall–Kier alpha value is -4.86. The van der Waals surface area contributed by atoms with Crippen LogP contribution >= 0.6 is 0 Å². The molecule has 0 bridgehead atoms. The molecule has 0 saturated carbocycles. The molecular formula is C46H43N4OPt-3. The minimum Gasteiger partial charge on any atom is -0.509 e. The van der Waals surface area contributed by atoms with Gasteiger partial charge in [0.1, 0.15) is 5.82 Å². The first-order valence-electron chi connectivity index (χ1n) is 17.9. The van der Waals surface area contributed by atoms with Gasteiger partial charge in [0.2, 0.25) is 0 Å². The van der Waals surface area contributed by atoms with Crippen LogP contribution in [0.15, 0.2) is 121 Å². The van der Waals surface area contributed by atoms with Crippen molar-refractivity contribution in [1.82, 2.24) is 9.55 Å². The second kappa shape index (κ2) is 13.9. The number of hydrogen-bond acceptors (Lipinski definition) is 4. The Morgan fingerprint density at radius 3 is 2.15 bits per heavy atom. The maximum absolute atomic E-state index is 6.54. The monoisotopic (exact) mass is 862 g/mol. The number of fused-ring (bicyclic) bond motifs is 4. The summed E-state index contributed by atoms with van der Waals surface area (Å²) in [6.07, 6.45) is 4.05. The van der Waals surface area contributed by atoms with Crippen molar-refractivity contribution in [3.8, 4) is 17.3 Å². The van der Waals surface area contributed by atoms with Crippen LogP contribution in [-0.4, -0.2) is 9.55 Å². The normalized spacial score (nSPS) is 13.0. The number of benzene rings is 5. The number of pyridine rings is 1. The average Bonchev–Trinajstić information content (AvgIpc) is 3.70. The van der Waals surface area contributed by atoms with Gasteiger partial charge in [-0.25, -0.2) is 4.98 Å². The third kappa shape index (κ3) is 6.30. The second-order valence-corrected chi connectivity index (χ2v) is 14.8. The molecule has 2 aromatic heterocycles. The van der Waals surface area contributed by atoms with Crippen LogP contribution in [0.3, 0.4) is 0 Å². The largest absolute Gasteiger partial charge is 0.509 e. The van der Waals surface area contributed by atoms with E-state index in [0.29, 0.717) is 11.5 Å². The van der Waals surface area contributed by atoms with Crippen LogP contribution in [-0.2, 0) is 31.9 Å². The summed E-state index contributed by atoms with van der Waals surface area (Å²) in [4.78, 5) is 9.31. The standard InChI is InChI=1S/C46H43N4O.Pt/c1-7-46(6,8-2)33-25-26-47-44(28-33)50-40-20-10-9-19-38(40)39-24-23-37(30-43(39)50)51-36-18-14-17-35(29-36)49-31-48(41-21-11-12-22-42(41)49)34-16-13-15-32(27-34)45(3,4)5;/h9-28,31H,7-8H2,1-6H3;/q-3;. The van der Waals surface area contributed by atoms with Crippen LogP contribution in [0.5, 0.6) is 11.5 Å². The molecule has 0 aliphatic carbocycles. The summed E-state index contributed by atoms with van der Waals surface area (Å²) < 4.78 is 8.75. The van der Waals surface area contributed by atoms with E-state index in [2.05, 4.69) is 172 Å². The minimum atomic E-state index is 0. The van der Waals surface area contributed by atoms with Crippen LogP contribution in [0.4, 0.5) is 22.7 Å². The van der Waals surface area contributed by atoms with E-state index in [0.717, 1.165) is 63.2 Å². The number of anilines is 4. The van der Waals surface area contributed by atoms with Gasteiger partial charge >= 0.3 is 0 Å². The van der Waals surface area contributed by atoms with E-state index in [4.69, 9.17) is 9.72 Å². The van der Waals surface area contributed by atoms with Crippen molar-refractivity contribution in [3.63, 3.8) is 0 Å². The molecule has 1 aliphatic rings. The summed E-state index contributed by atoms with van der Waals surface area (Å²) >= 11 is 0. The molecule has 0 N–H and O–H groups in total. The maximum Gasteiger partial charge on any atom is 0.135 e. The second-order valence-electron chi connectivity index (χ2n) is 14.8. The van der Waals surface area contributed by atoms with Crippen LogP contribution in [0.1, 0.15) is 65.5 Å². The molecule has 0 spiro atoms. The van der Waals surface area contributed by atoms with Crippen molar-refractivity contribution in [2.75, 3.05) is 9.80 Å². The van der Waals surface area contributed by atoms with E-state index in [1.807, 2.05) is 24.4 Å². The van der Waals surface area contributed by atoms with Crippen molar-refractivity contribution >= 4 is 44.6 Å². The van der Waals surface area contributed by atoms with E-state index in [1.54, 1.807) is 0 Å². The molecule has 0 atom stereocenters. The van der Waals surface area contributed by atoms with Gasteiger partial charge in [0.15, 0.2) is 0 Å². The first-order valence-corrected chi connectivity index (χ1v) is 17.9. The van der Waals surface area contributed by atoms with E-state index in [1.165, 1.54) is 11.1 Å². The summed E-state index contributed by atoms with van der Waals surface area (Å²) in [6, 6.07) is 47.5. The Morgan fingerprint density at radius 2 is 1.38 bits per heavy atom. The Labute approximate surface area is 322 Å². The van der Waals surface area contributed by atoms with Gasteiger partial charge in [-0.15, -0.1) is 48.1 Å². The summed E-state index contributed by atoms with van der Waals surface area (Å²) in [5.74, 6) is 2.12. The molecule has 0 unspecified atom stereocenters. The average molecular weight is 863 g/mol. The molecule has 266 valence electrons. The van der Waals surface area contributed by atoms with E-state index >= 15 is 0 Å². The topological polar surface area (TPSA) is 33.5 Å². The number of ether oxygens (including phenoxy) is 1. The summed E-state index contributed by atoms with van der Waals surface area (Å²) in [5, 5.41) is 2.26. The number of para-hydroxylation sites is 3. The van der Waals surface area contributed by atoms with Gasteiger partial charge in [0.25, 0.3) is 0 Å². The fraction of sp³-hybridized carbons (Fsp3) is 0.217. The molecule has 1 aliphatic heterocycles. The van der Waals surface area contributed by atoms with Crippen molar-refractivity contribution in [3.05, 3.63) is 151 Å². The van der Waals surface area contributed by atoms with E-state index in [-0.39, 0.29) is 31.9 Å². The number of rotatable bonds is 8. The Balaban J connectivity index is 0.00000420. The molecule has 7 aromatic rings. The molecule has 52 heavy (non-hydrogen) atoms. The maximum atomic E-state index is 6.54. The zero-order chi connectivity index (χ0) is 35.3. The molecule has 6 heteroatoms.